The molecule has 102 valence electrons. The van der Waals surface area contributed by atoms with Gasteiger partial charge >= 0.3 is 0 Å². The van der Waals surface area contributed by atoms with Crippen LogP contribution < -0.4 is 10.6 Å². The molecule has 2 N–H and O–H groups in total. The highest BCUT2D eigenvalue weighted by molar-refractivity contribution is 5.91. The number of nitrogens with one attached hydrogen (secondary N) is 2. The van der Waals surface area contributed by atoms with Crippen molar-refractivity contribution < 1.29 is 9.53 Å². The molecule has 4 heteroatoms. The van der Waals surface area contributed by atoms with Gasteiger partial charge in [0.25, 0.3) is 5.91 Å². The van der Waals surface area contributed by atoms with E-state index in [1.165, 1.54) is 0 Å². The number of amides is 1. The Bertz CT molecular complexity index is 443. The van der Waals surface area contributed by atoms with Gasteiger partial charge in [0.05, 0.1) is 6.61 Å². The molecule has 1 aromatic carbocycles. The van der Waals surface area contributed by atoms with Gasteiger partial charge < -0.3 is 15.4 Å². The van der Waals surface area contributed by atoms with Gasteiger partial charge in [-0.25, -0.2) is 0 Å². The molecule has 0 aromatic heterocycles. The fourth-order valence-corrected chi connectivity index (χ4v) is 1.92. The number of hydrogen-bond donors (Lipinski definition) is 2. The zero-order valence-corrected chi connectivity index (χ0v) is 11.2. The van der Waals surface area contributed by atoms with Crippen molar-refractivity contribution in [2.45, 2.75) is 25.8 Å². The minimum Gasteiger partial charge on any atom is -0.488 e. The first kappa shape index (κ1) is 13.5. The van der Waals surface area contributed by atoms with Gasteiger partial charge in [-0.1, -0.05) is 18.2 Å². The van der Waals surface area contributed by atoms with Gasteiger partial charge in [0.1, 0.15) is 0 Å². The molecule has 1 heterocycles. The highest BCUT2D eigenvalue weighted by atomic mass is 16.5. The Labute approximate surface area is 113 Å². The summed E-state index contributed by atoms with van der Waals surface area (Å²) >= 11 is 0. The summed E-state index contributed by atoms with van der Waals surface area (Å²) in [6.45, 7) is 3.23. The zero-order chi connectivity index (χ0) is 13.5. The maximum Gasteiger partial charge on any atom is 0.286 e. The normalized spacial score (nSPS) is 15.9. The topological polar surface area (TPSA) is 50.4 Å². The fraction of sp³-hybridized carbons (Fsp3) is 0.400. The molecule has 1 atom stereocenters. The molecule has 0 saturated carbocycles. The fourth-order valence-electron chi connectivity index (χ4n) is 1.92. The number of carbonyl (C=O) groups excluding carboxylic acids is 1. The van der Waals surface area contributed by atoms with Crippen LogP contribution in [0.5, 0.6) is 0 Å². The monoisotopic (exact) mass is 260 g/mol. The molecule has 1 aliphatic heterocycles. The van der Waals surface area contributed by atoms with E-state index in [0.717, 1.165) is 18.5 Å². The standard InChI is InChI=1S/C15H20N2O2/c1-12(17-13-7-3-2-4-8-13)11-16-15(18)14-9-5-6-10-19-14/h2-4,7-9,12,17H,5-6,10-11H2,1H3,(H,16,18)/t12-/m0/s1. The van der Waals surface area contributed by atoms with E-state index in [-0.39, 0.29) is 11.9 Å². The first-order valence-corrected chi connectivity index (χ1v) is 6.68. The summed E-state index contributed by atoms with van der Waals surface area (Å²) in [6, 6.07) is 10.1. The van der Waals surface area contributed by atoms with Gasteiger partial charge in [-0.05, 0) is 38.0 Å². The van der Waals surface area contributed by atoms with E-state index < -0.39 is 0 Å². The van der Waals surface area contributed by atoms with Crippen LogP contribution in [-0.4, -0.2) is 25.1 Å². The molecule has 1 aromatic rings. The Morgan fingerprint density at radius 1 is 1.37 bits per heavy atom. The molecule has 2 rings (SSSR count). The lowest BCUT2D eigenvalue weighted by atomic mass is 10.2. The van der Waals surface area contributed by atoms with Crippen molar-refractivity contribution in [3.8, 4) is 0 Å². The number of benzene rings is 1. The number of carbonyl (C=O) groups is 1. The number of anilines is 1. The molecule has 0 spiro atoms. The first-order chi connectivity index (χ1) is 9.25. The van der Waals surface area contributed by atoms with Crippen LogP contribution in [0.4, 0.5) is 5.69 Å². The SMILES string of the molecule is C[C@@H](CNC(=O)C1=CCCCO1)Nc1ccccc1. The average Bonchev–Trinajstić information content (AvgIpc) is 2.47. The van der Waals surface area contributed by atoms with Crippen molar-refractivity contribution in [3.05, 3.63) is 42.2 Å². The predicted octanol–water partition coefficient (Wildman–Crippen LogP) is 2.30. The van der Waals surface area contributed by atoms with Crippen LogP contribution in [0.25, 0.3) is 0 Å². The van der Waals surface area contributed by atoms with Crippen LogP contribution in [0.3, 0.4) is 0 Å². The van der Waals surface area contributed by atoms with Gasteiger partial charge in [0, 0.05) is 18.3 Å². The summed E-state index contributed by atoms with van der Waals surface area (Å²) < 4.78 is 5.32. The smallest absolute Gasteiger partial charge is 0.286 e. The van der Waals surface area contributed by atoms with E-state index in [1.807, 2.05) is 43.3 Å². The lowest BCUT2D eigenvalue weighted by Gasteiger charge is -2.18. The third-order valence-corrected chi connectivity index (χ3v) is 2.92. The summed E-state index contributed by atoms with van der Waals surface area (Å²) in [6.07, 6.45) is 3.76. The lowest BCUT2D eigenvalue weighted by Crippen LogP contribution is -2.36. The molecular formula is C15H20N2O2. The number of hydrogen-bond acceptors (Lipinski definition) is 3. The molecule has 0 aliphatic carbocycles. The third kappa shape index (κ3) is 4.32. The second-order valence-corrected chi connectivity index (χ2v) is 4.68. The van der Waals surface area contributed by atoms with Crippen LogP contribution >= 0.6 is 0 Å². The second kappa shape index (κ2) is 6.83. The van der Waals surface area contributed by atoms with Gasteiger partial charge in [-0.15, -0.1) is 0 Å². The highest BCUT2D eigenvalue weighted by Crippen LogP contribution is 2.10. The van der Waals surface area contributed by atoms with E-state index in [2.05, 4.69) is 10.6 Å². The molecular weight excluding hydrogens is 240 g/mol. The molecule has 19 heavy (non-hydrogen) atoms. The zero-order valence-electron chi connectivity index (χ0n) is 11.2. The van der Waals surface area contributed by atoms with Crippen LogP contribution in [0.2, 0.25) is 0 Å². The van der Waals surface area contributed by atoms with Crippen molar-refractivity contribution >= 4 is 11.6 Å². The largest absolute Gasteiger partial charge is 0.488 e. The van der Waals surface area contributed by atoms with Gasteiger partial charge in [0.2, 0.25) is 0 Å². The average molecular weight is 260 g/mol. The number of ether oxygens (including phenoxy) is 1. The van der Waals surface area contributed by atoms with Gasteiger partial charge in [-0.2, -0.15) is 0 Å². The number of rotatable bonds is 5. The Morgan fingerprint density at radius 3 is 2.84 bits per heavy atom. The Balaban J connectivity index is 1.75. The maximum atomic E-state index is 11.8. The van der Waals surface area contributed by atoms with Crippen LogP contribution in [-0.2, 0) is 9.53 Å². The quantitative estimate of drug-likeness (QED) is 0.854. The van der Waals surface area contributed by atoms with E-state index >= 15 is 0 Å². The Hall–Kier alpha value is -1.97. The van der Waals surface area contributed by atoms with Gasteiger partial charge in [-0.3, -0.25) is 4.79 Å². The minimum absolute atomic E-state index is 0.124. The van der Waals surface area contributed by atoms with Crippen molar-refractivity contribution in [1.82, 2.24) is 5.32 Å². The summed E-state index contributed by atoms with van der Waals surface area (Å²) in [5.74, 6) is 0.333. The van der Waals surface area contributed by atoms with Crippen LogP contribution in [0, 0.1) is 0 Å². The summed E-state index contributed by atoms with van der Waals surface area (Å²) in [4.78, 5) is 11.8. The van der Waals surface area contributed by atoms with Crippen LogP contribution in [0.1, 0.15) is 19.8 Å². The predicted molar refractivity (Wildman–Crippen MR) is 75.8 cm³/mol. The molecule has 1 amide bonds. The van der Waals surface area contributed by atoms with Crippen molar-refractivity contribution in [3.63, 3.8) is 0 Å². The first-order valence-electron chi connectivity index (χ1n) is 6.68. The molecule has 0 fully saturated rings. The minimum atomic E-state index is -0.124. The van der Waals surface area contributed by atoms with Crippen LogP contribution in [0.15, 0.2) is 42.2 Å². The summed E-state index contributed by atoms with van der Waals surface area (Å²) in [5, 5.41) is 6.20. The van der Waals surface area contributed by atoms with Crippen molar-refractivity contribution in [2.24, 2.45) is 0 Å². The maximum absolute atomic E-state index is 11.8. The Morgan fingerprint density at radius 2 is 2.16 bits per heavy atom. The van der Waals surface area contributed by atoms with Crippen molar-refractivity contribution in [1.29, 1.82) is 0 Å². The number of allylic oxidation sites excluding steroid dienone is 1. The highest BCUT2D eigenvalue weighted by Gasteiger charge is 2.14. The van der Waals surface area contributed by atoms with Crippen molar-refractivity contribution in [2.75, 3.05) is 18.5 Å². The summed E-state index contributed by atoms with van der Waals surface area (Å²) in [5.41, 5.74) is 1.05. The molecule has 0 unspecified atom stereocenters. The molecule has 4 nitrogen and oxygen atoms in total. The van der Waals surface area contributed by atoms with E-state index in [9.17, 15) is 4.79 Å². The summed E-state index contributed by atoms with van der Waals surface area (Å²) in [7, 11) is 0. The lowest BCUT2D eigenvalue weighted by molar-refractivity contribution is -0.121. The Kier molecular flexibility index (Phi) is 4.84. The molecule has 0 saturated heterocycles. The molecule has 1 aliphatic rings. The van der Waals surface area contributed by atoms with E-state index in [1.54, 1.807) is 0 Å². The number of para-hydroxylation sites is 1. The van der Waals surface area contributed by atoms with E-state index in [4.69, 9.17) is 4.74 Å². The van der Waals surface area contributed by atoms with Gasteiger partial charge in [0.15, 0.2) is 5.76 Å². The third-order valence-electron chi connectivity index (χ3n) is 2.92. The molecule has 0 bridgehead atoms. The second-order valence-electron chi connectivity index (χ2n) is 4.68. The van der Waals surface area contributed by atoms with E-state index in [0.29, 0.717) is 18.9 Å². The molecule has 0 radical (unpaired) electrons.